The van der Waals surface area contributed by atoms with Gasteiger partial charge in [0.15, 0.2) is 0 Å². The molecule has 0 radical (unpaired) electrons. The highest BCUT2D eigenvalue weighted by molar-refractivity contribution is 6.32. The van der Waals surface area contributed by atoms with Crippen LogP contribution in [0.25, 0.3) is 11.1 Å². The fraction of sp³-hybridized carbons (Fsp3) is 0.259. The minimum Gasteiger partial charge on any atom is -0.506 e. The first-order valence-electron chi connectivity index (χ1n) is 11.0. The fourth-order valence-electron chi connectivity index (χ4n) is 3.36. The van der Waals surface area contributed by atoms with Crippen molar-refractivity contribution in [2.24, 2.45) is 0 Å². The second kappa shape index (κ2) is 10.7. The Hall–Kier alpha value is -3.72. The van der Waals surface area contributed by atoms with Crippen LogP contribution in [-0.4, -0.2) is 22.6 Å². The molecule has 0 saturated carbocycles. The lowest BCUT2D eigenvalue weighted by molar-refractivity contribution is -0.138. The van der Waals surface area contributed by atoms with E-state index in [0.717, 1.165) is 17.2 Å². The molecule has 196 valence electrons. The summed E-state index contributed by atoms with van der Waals surface area (Å²) in [6.45, 7) is 5.65. The molecule has 3 rings (SSSR count). The predicted octanol–water partition coefficient (Wildman–Crippen LogP) is 7.19. The molecule has 3 aromatic rings. The number of rotatable bonds is 6. The Labute approximate surface area is 216 Å². The molecule has 3 aromatic carbocycles. The average molecular weight is 537 g/mol. The van der Waals surface area contributed by atoms with Crippen LogP contribution in [-0.2, 0) is 22.3 Å². The van der Waals surface area contributed by atoms with Crippen LogP contribution < -0.4 is 9.47 Å². The summed E-state index contributed by atoms with van der Waals surface area (Å²) in [5, 5.41) is 10.6. The minimum atomic E-state index is -4.87. The summed E-state index contributed by atoms with van der Waals surface area (Å²) < 4.78 is 55.9. The SMILES string of the molecule is CC(=O)Oc1ccc(-c2ccc(OCc3ccc(C(F)(F)F)c(O)c3C(=O)OC(C)(C)C)cc2)cc1Cl. The van der Waals surface area contributed by atoms with Gasteiger partial charge in [0.1, 0.15) is 35.0 Å². The Kier molecular flexibility index (Phi) is 8.07. The zero-order valence-corrected chi connectivity index (χ0v) is 21.2. The number of carbonyl (C=O) groups excluding carboxylic acids is 2. The van der Waals surface area contributed by atoms with Gasteiger partial charge >= 0.3 is 18.1 Å². The van der Waals surface area contributed by atoms with Crippen LogP contribution in [0.1, 0.15) is 49.2 Å². The third-order valence-electron chi connectivity index (χ3n) is 4.94. The van der Waals surface area contributed by atoms with Gasteiger partial charge in [-0.25, -0.2) is 4.79 Å². The number of phenols is 1. The summed E-state index contributed by atoms with van der Waals surface area (Å²) in [6, 6.07) is 13.4. The summed E-state index contributed by atoms with van der Waals surface area (Å²) in [4.78, 5) is 23.8. The molecule has 0 aliphatic rings. The van der Waals surface area contributed by atoms with E-state index in [4.69, 9.17) is 25.8 Å². The lowest BCUT2D eigenvalue weighted by Gasteiger charge is -2.22. The number of hydrogen-bond donors (Lipinski definition) is 1. The maximum Gasteiger partial charge on any atom is 0.419 e. The van der Waals surface area contributed by atoms with Gasteiger partial charge in [0.2, 0.25) is 0 Å². The molecular formula is C27H24ClF3O6. The van der Waals surface area contributed by atoms with Crippen molar-refractivity contribution >= 4 is 23.5 Å². The van der Waals surface area contributed by atoms with Crippen LogP contribution in [0, 0.1) is 0 Å². The van der Waals surface area contributed by atoms with E-state index in [1.165, 1.54) is 6.92 Å². The number of carbonyl (C=O) groups is 2. The zero-order chi connectivity index (χ0) is 27.5. The smallest absolute Gasteiger partial charge is 0.419 e. The summed E-state index contributed by atoms with van der Waals surface area (Å²) in [5.41, 5.74) is -1.41. The molecule has 6 nitrogen and oxygen atoms in total. The number of benzene rings is 3. The van der Waals surface area contributed by atoms with Crippen molar-refractivity contribution in [3.63, 3.8) is 0 Å². The topological polar surface area (TPSA) is 82.1 Å². The highest BCUT2D eigenvalue weighted by Crippen LogP contribution is 2.40. The molecule has 0 aliphatic heterocycles. The Balaban J connectivity index is 1.83. The van der Waals surface area contributed by atoms with Crippen LogP contribution in [0.4, 0.5) is 13.2 Å². The second-order valence-corrected chi connectivity index (χ2v) is 9.45. The van der Waals surface area contributed by atoms with Gasteiger partial charge < -0.3 is 19.3 Å². The van der Waals surface area contributed by atoms with Crippen molar-refractivity contribution in [3.05, 3.63) is 76.3 Å². The third kappa shape index (κ3) is 7.16. The van der Waals surface area contributed by atoms with Crippen molar-refractivity contribution in [3.8, 4) is 28.4 Å². The quantitative estimate of drug-likeness (QED) is 0.265. The number of phenolic OH excluding ortho intramolecular Hbond substituents is 1. The molecule has 37 heavy (non-hydrogen) atoms. The van der Waals surface area contributed by atoms with E-state index < -0.39 is 40.6 Å². The van der Waals surface area contributed by atoms with Gasteiger partial charge in [0.05, 0.1) is 10.6 Å². The number of ether oxygens (including phenoxy) is 3. The monoisotopic (exact) mass is 536 g/mol. The largest absolute Gasteiger partial charge is 0.506 e. The van der Waals surface area contributed by atoms with Gasteiger partial charge in [-0.2, -0.15) is 13.2 Å². The third-order valence-corrected chi connectivity index (χ3v) is 5.24. The van der Waals surface area contributed by atoms with Crippen molar-refractivity contribution < 1.29 is 42.1 Å². The van der Waals surface area contributed by atoms with Crippen molar-refractivity contribution in [1.29, 1.82) is 0 Å². The van der Waals surface area contributed by atoms with Crippen molar-refractivity contribution in [1.82, 2.24) is 0 Å². The second-order valence-electron chi connectivity index (χ2n) is 9.05. The van der Waals surface area contributed by atoms with Gasteiger partial charge in [0, 0.05) is 12.5 Å². The summed E-state index contributed by atoms with van der Waals surface area (Å²) in [6.07, 6.45) is -4.87. The number of halogens is 4. The lowest BCUT2D eigenvalue weighted by Crippen LogP contribution is -2.25. The maximum absolute atomic E-state index is 13.3. The summed E-state index contributed by atoms with van der Waals surface area (Å²) in [5.74, 6) is -2.21. The highest BCUT2D eigenvalue weighted by atomic mass is 35.5. The molecule has 0 atom stereocenters. The predicted molar refractivity (Wildman–Crippen MR) is 131 cm³/mol. The standard InChI is InChI=1S/C27H24ClF3O6/c1-15(32)36-22-12-8-17(13-21(22)28)16-5-9-19(10-6-16)35-14-18-7-11-20(27(29,30)31)24(33)23(18)25(34)37-26(2,3)4/h5-13,33H,14H2,1-4H3. The first kappa shape index (κ1) is 27.9. The summed E-state index contributed by atoms with van der Waals surface area (Å²) in [7, 11) is 0. The van der Waals surface area contributed by atoms with E-state index in [0.29, 0.717) is 11.8 Å². The summed E-state index contributed by atoms with van der Waals surface area (Å²) >= 11 is 6.17. The van der Waals surface area contributed by atoms with Crippen LogP contribution in [0.5, 0.6) is 17.2 Å². The van der Waals surface area contributed by atoms with Gasteiger partial charge in [-0.05, 0) is 62.2 Å². The van der Waals surface area contributed by atoms with Crippen LogP contribution in [0.3, 0.4) is 0 Å². The molecule has 0 fully saturated rings. The minimum absolute atomic E-state index is 0.0247. The molecule has 0 saturated heterocycles. The average Bonchev–Trinajstić information content (AvgIpc) is 2.77. The van der Waals surface area contributed by atoms with Crippen LogP contribution >= 0.6 is 11.6 Å². The molecule has 1 N–H and O–H groups in total. The number of alkyl halides is 3. The van der Waals surface area contributed by atoms with Gasteiger partial charge in [-0.1, -0.05) is 35.9 Å². The first-order valence-corrected chi connectivity index (χ1v) is 11.4. The molecule has 0 heterocycles. The van der Waals surface area contributed by atoms with E-state index in [1.54, 1.807) is 63.2 Å². The Morgan fingerprint density at radius 1 is 0.946 bits per heavy atom. The first-order chi connectivity index (χ1) is 17.2. The molecule has 10 heteroatoms. The van der Waals surface area contributed by atoms with Crippen LogP contribution in [0.15, 0.2) is 54.6 Å². The van der Waals surface area contributed by atoms with E-state index in [9.17, 15) is 27.9 Å². The lowest BCUT2D eigenvalue weighted by atomic mass is 10.0. The van der Waals surface area contributed by atoms with E-state index >= 15 is 0 Å². The Morgan fingerprint density at radius 3 is 2.11 bits per heavy atom. The Bertz CT molecular complexity index is 1310. The van der Waals surface area contributed by atoms with Gasteiger partial charge in [-0.3, -0.25) is 4.79 Å². The van der Waals surface area contributed by atoms with E-state index in [2.05, 4.69) is 0 Å². The van der Waals surface area contributed by atoms with Crippen molar-refractivity contribution in [2.75, 3.05) is 0 Å². The highest BCUT2D eigenvalue weighted by Gasteiger charge is 2.37. The van der Waals surface area contributed by atoms with E-state index in [-0.39, 0.29) is 22.9 Å². The number of esters is 2. The molecule has 0 aliphatic carbocycles. The molecule has 0 bridgehead atoms. The fourth-order valence-corrected chi connectivity index (χ4v) is 3.58. The normalized spacial score (nSPS) is 11.7. The zero-order valence-electron chi connectivity index (χ0n) is 20.4. The maximum atomic E-state index is 13.3. The van der Waals surface area contributed by atoms with Gasteiger partial charge in [-0.15, -0.1) is 0 Å². The number of hydrogen-bond acceptors (Lipinski definition) is 6. The number of aromatic hydroxyl groups is 1. The molecule has 0 spiro atoms. The van der Waals surface area contributed by atoms with Gasteiger partial charge in [0.25, 0.3) is 0 Å². The molecule has 0 unspecified atom stereocenters. The molecule has 0 aromatic heterocycles. The molecular weight excluding hydrogens is 513 g/mol. The van der Waals surface area contributed by atoms with Crippen molar-refractivity contribution in [2.45, 2.75) is 46.1 Å². The molecule has 0 amide bonds. The van der Waals surface area contributed by atoms with E-state index in [1.807, 2.05) is 0 Å². The Morgan fingerprint density at radius 2 is 1.57 bits per heavy atom. The van der Waals surface area contributed by atoms with Crippen LogP contribution in [0.2, 0.25) is 5.02 Å².